The Morgan fingerprint density at radius 2 is 0.875 bits per heavy atom. The number of para-hydroxylation sites is 1. The molecule has 8 aromatic carbocycles. The maximum Gasteiger partial charge on any atom is 0.139 e. The van der Waals surface area contributed by atoms with Gasteiger partial charge in [0.25, 0.3) is 0 Å². The smallest absolute Gasteiger partial charge is 0.139 e. The van der Waals surface area contributed by atoms with Gasteiger partial charge in [0.05, 0.1) is 0 Å². The van der Waals surface area contributed by atoms with Crippen LogP contribution < -0.4 is 0 Å². The molecule has 0 saturated heterocycles. The minimum atomic E-state index is -0.230. The van der Waals surface area contributed by atoms with Crippen LogP contribution in [-0.4, -0.2) is 0 Å². The van der Waals surface area contributed by atoms with E-state index in [-0.39, 0.29) is 5.41 Å². The molecule has 1 aliphatic rings. The minimum absolute atomic E-state index is 0.230. The molecular weight excluding hydrogens is 581 g/mol. The van der Waals surface area contributed by atoms with Crippen LogP contribution in [0.2, 0.25) is 0 Å². The molecule has 1 heteroatoms. The largest absolute Gasteiger partial charge is 0.456 e. The third kappa shape index (κ3) is 3.73. The Kier molecular flexibility index (Phi) is 5.69. The molecule has 0 atom stereocenters. The highest BCUT2D eigenvalue weighted by molar-refractivity contribution is 6.22. The summed E-state index contributed by atoms with van der Waals surface area (Å²) in [5, 5.41) is 8.80. The Hall–Kier alpha value is -5.92. The van der Waals surface area contributed by atoms with E-state index >= 15 is 0 Å². The molecule has 226 valence electrons. The molecule has 0 N–H and O–H groups in total. The molecule has 0 saturated carbocycles. The molecule has 9 aromatic rings. The Balaban J connectivity index is 1.21. The molecule has 0 aliphatic heterocycles. The van der Waals surface area contributed by atoms with Crippen LogP contribution in [0.4, 0.5) is 0 Å². The summed E-state index contributed by atoms with van der Waals surface area (Å²) in [5.41, 5.74) is 12.1. The molecule has 48 heavy (non-hydrogen) atoms. The number of fused-ring (bicyclic) bond motifs is 8. The van der Waals surface area contributed by atoms with E-state index in [1.807, 2.05) is 0 Å². The molecule has 10 rings (SSSR count). The highest BCUT2D eigenvalue weighted by atomic mass is 16.3. The van der Waals surface area contributed by atoms with Gasteiger partial charge in [0.15, 0.2) is 0 Å². The van der Waals surface area contributed by atoms with Crippen molar-refractivity contribution >= 4 is 43.3 Å². The normalized spacial score (nSPS) is 13.4. The van der Waals surface area contributed by atoms with E-state index < -0.39 is 0 Å². The number of furan rings is 1. The van der Waals surface area contributed by atoms with Crippen LogP contribution in [0.1, 0.15) is 25.0 Å². The third-order valence-electron chi connectivity index (χ3n) is 10.6. The van der Waals surface area contributed by atoms with Crippen molar-refractivity contribution in [3.63, 3.8) is 0 Å². The Morgan fingerprint density at radius 1 is 0.375 bits per heavy atom. The van der Waals surface area contributed by atoms with Gasteiger partial charge in [-0.15, -0.1) is 0 Å². The third-order valence-corrected chi connectivity index (χ3v) is 10.6. The monoisotopic (exact) mass is 612 g/mol. The molecule has 0 bridgehead atoms. The first-order valence-corrected chi connectivity index (χ1v) is 16.8. The second-order valence-corrected chi connectivity index (χ2v) is 13.6. The van der Waals surface area contributed by atoms with Gasteiger partial charge in [0.1, 0.15) is 11.3 Å². The summed E-state index contributed by atoms with van der Waals surface area (Å²) in [6, 6.07) is 57.5. The fourth-order valence-corrected chi connectivity index (χ4v) is 8.63. The number of rotatable bonds is 3. The topological polar surface area (TPSA) is 13.1 Å². The lowest BCUT2D eigenvalue weighted by Crippen LogP contribution is -2.16. The summed E-state index contributed by atoms with van der Waals surface area (Å²) >= 11 is 0. The minimum Gasteiger partial charge on any atom is -0.456 e. The van der Waals surface area contributed by atoms with Crippen molar-refractivity contribution in [2.75, 3.05) is 0 Å². The van der Waals surface area contributed by atoms with Gasteiger partial charge < -0.3 is 4.42 Å². The molecule has 1 nitrogen and oxygen atoms in total. The van der Waals surface area contributed by atoms with Crippen molar-refractivity contribution in [2.24, 2.45) is 0 Å². The first-order chi connectivity index (χ1) is 23.6. The first-order valence-electron chi connectivity index (χ1n) is 16.8. The van der Waals surface area contributed by atoms with Gasteiger partial charge in [-0.2, -0.15) is 0 Å². The van der Waals surface area contributed by atoms with E-state index in [4.69, 9.17) is 4.42 Å². The van der Waals surface area contributed by atoms with E-state index in [1.165, 1.54) is 87.8 Å². The zero-order valence-electron chi connectivity index (χ0n) is 26.9. The predicted molar refractivity (Wildman–Crippen MR) is 203 cm³/mol. The van der Waals surface area contributed by atoms with Crippen molar-refractivity contribution in [3.05, 3.63) is 169 Å². The second-order valence-electron chi connectivity index (χ2n) is 13.6. The average Bonchev–Trinajstić information content (AvgIpc) is 3.64. The second kappa shape index (κ2) is 10.0. The summed E-state index contributed by atoms with van der Waals surface area (Å²) in [7, 11) is 0. The molecule has 0 fully saturated rings. The van der Waals surface area contributed by atoms with E-state index in [9.17, 15) is 0 Å². The Labute approximate surface area is 279 Å². The molecule has 0 amide bonds. The number of benzene rings is 8. The highest BCUT2D eigenvalue weighted by Crippen LogP contribution is 2.57. The van der Waals surface area contributed by atoms with Crippen LogP contribution in [0, 0.1) is 0 Å². The molecular formula is C47H32O. The van der Waals surface area contributed by atoms with Crippen molar-refractivity contribution < 1.29 is 4.42 Å². The Bertz CT molecular complexity index is 2680. The number of hydrogen-bond donors (Lipinski definition) is 0. The molecule has 1 aliphatic carbocycles. The van der Waals surface area contributed by atoms with Gasteiger partial charge in [0, 0.05) is 21.9 Å². The van der Waals surface area contributed by atoms with Crippen LogP contribution in [0.25, 0.3) is 88.0 Å². The maximum absolute atomic E-state index is 6.58. The van der Waals surface area contributed by atoms with Crippen LogP contribution in [-0.2, 0) is 5.41 Å². The summed E-state index contributed by atoms with van der Waals surface area (Å²) in [4.78, 5) is 0. The fourth-order valence-electron chi connectivity index (χ4n) is 8.63. The quantitative estimate of drug-likeness (QED) is 0.181. The van der Waals surface area contributed by atoms with Crippen LogP contribution in [0.5, 0.6) is 0 Å². The molecule has 1 heterocycles. The van der Waals surface area contributed by atoms with E-state index in [1.54, 1.807) is 0 Å². The summed E-state index contributed by atoms with van der Waals surface area (Å²) in [5.74, 6) is 1.01. The van der Waals surface area contributed by atoms with Crippen molar-refractivity contribution in [1.29, 1.82) is 0 Å². The van der Waals surface area contributed by atoms with Crippen LogP contribution in [0.3, 0.4) is 0 Å². The van der Waals surface area contributed by atoms with E-state index in [2.05, 4.69) is 172 Å². The maximum atomic E-state index is 6.58. The lowest BCUT2D eigenvalue weighted by molar-refractivity contribution is 0.619. The lowest BCUT2D eigenvalue weighted by atomic mass is 9.76. The van der Waals surface area contributed by atoms with Crippen molar-refractivity contribution in [1.82, 2.24) is 0 Å². The summed E-state index contributed by atoms with van der Waals surface area (Å²) in [6.45, 7) is 4.72. The molecule has 0 unspecified atom stereocenters. The van der Waals surface area contributed by atoms with E-state index in [0.29, 0.717) is 0 Å². The van der Waals surface area contributed by atoms with E-state index in [0.717, 1.165) is 11.3 Å². The zero-order chi connectivity index (χ0) is 32.0. The van der Waals surface area contributed by atoms with Crippen molar-refractivity contribution in [3.8, 4) is 44.7 Å². The van der Waals surface area contributed by atoms with Gasteiger partial charge >= 0.3 is 0 Å². The van der Waals surface area contributed by atoms with Gasteiger partial charge in [-0.05, 0) is 77.3 Å². The summed E-state index contributed by atoms with van der Waals surface area (Å²) < 4.78 is 6.58. The number of hydrogen-bond acceptors (Lipinski definition) is 1. The SMILES string of the molecule is CC1(C)c2c(cccc2-c2c3ccccc3c(-c3ccc(-c4cccc5ccccc45)cc3)c3ccccc23)-c2oc3ccccc3c21. The van der Waals surface area contributed by atoms with Gasteiger partial charge in [-0.1, -0.05) is 166 Å². The highest BCUT2D eigenvalue weighted by Gasteiger charge is 2.42. The van der Waals surface area contributed by atoms with Crippen molar-refractivity contribution in [2.45, 2.75) is 19.3 Å². The van der Waals surface area contributed by atoms with Gasteiger partial charge in [-0.25, -0.2) is 0 Å². The average molecular weight is 613 g/mol. The zero-order valence-corrected chi connectivity index (χ0v) is 26.9. The fraction of sp³-hybridized carbons (Fsp3) is 0.0638. The molecule has 1 aromatic heterocycles. The van der Waals surface area contributed by atoms with Crippen LogP contribution in [0.15, 0.2) is 162 Å². The van der Waals surface area contributed by atoms with Gasteiger partial charge in [-0.3, -0.25) is 0 Å². The predicted octanol–water partition coefficient (Wildman–Crippen LogP) is 13.2. The lowest BCUT2D eigenvalue weighted by Gasteiger charge is -2.26. The first kappa shape index (κ1) is 27.2. The summed E-state index contributed by atoms with van der Waals surface area (Å²) in [6.07, 6.45) is 0. The standard InChI is InChI=1S/C47H32O/c1-47(2)44-39(22-12-23-40(44)46-45(47)38-20-9-10-24-41(38)48-46)43-36-18-7-5-16-34(36)42(35-17-6-8-19-37(35)43)31-27-25-30(26-28-31)33-21-11-14-29-13-3-4-15-32(29)33/h3-28H,1-2H3. The van der Waals surface area contributed by atoms with Gasteiger partial charge in [0.2, 0.25) is 0 Å². The molecule has 0 spiro atoms. The van der Waals surface area contributed by atoms with Crippen LogP contribution >= 0.6 is 0 Å². The molecule has 0 radical (unpaired) electrons. The Morgan fingerprint density at radius 3 is 1.58 bits per heavy atom.